The highest BCUT2D eigenvalue weighted by Gasteiger charge is 1.91. The average Bonchev–Trinajstić information content (AvgIpc) is 2.35. The lowest BCUT2D eigenvalue weighted by Crippen LogP contribution is -1.97. The molecule has 2 N–H and O–H groups in total. The molecule has 0 saturated heterocycles. The van der Waals surface area contributed by atoms with E-state index in [9.17, 15) is 0 Å². The number of allylic oxidation sites excluding steroid dienone is 2. The highest BCUT2D eigenvalue weighted by Crippen LogP contribution is 2.10. The summed E-state index contributed by atoms with van der Waals surface area (Å²) in [5, 5.41) is 0. The van der Waals surface area contributed by atoms with Gasteiger partial charge < -0.3 is 5.73 Å². The number of nitrogens with two attached hydrogens (primary N) is 1. The fourth-order valence-corrected chi connectivity index (χ4v) is 2.05. The standard InChI is InChI=1S/C16H33N/c1-2-3-4-5-6-7-8-9-10-11-12-13-14-15-16-17/h4-5H,2-3,6-17H2,1H3/b5-4+. The van der Waals surface area contributed by atoms with Crippen molar-refractivity contribution in [2.75, 3.05) is 6.54 Å². The molecule has 1 heteroatoms. The molecule has 0 saturated carbocycles. The van der Waals surface area contributed by atoms with E-state index in [4.69, 9.17) is 5.73 Å². The normalized spacial score (nSPS) is 11.4. The Kier molecular flexibility index (Phi) is 15.4. The molecular weight excluding hydrogens is 206 g/mol. The predicted octanol–water partition coefficient (Wildman–Crippen LogP) is 5.20. The third-order valence-corrected chi connectivity index (χ3v) is 3.20. The van der Waals surface area contributed by atoms with Crippen LogP contribution in [0.5, 0.6) is 0 Å². The average molecular weight is 239 g/mol. The lowest BCUT2D eigenvalue weighted by Gasteiger charge is -2.01. The smallest absolute Gasteiger partial charge is 0.00773 e. The summed E-state index contributed by atoms with van der Waals surface area (Å²) < 4.78 is 0. The fourth-order valence-electron chi connectivity index (χ4n) is 2.05. The molecule has 0 bridgehead atoms. The van der Waals surface area contributed by atoms with Crippen LogP contribution >= 0.6 is 0 Å². The fraction of sp³-hybridized carbons (Fsp3) is 0.875. The minimum atomic E-state index is 0.867. The highest BCUT2D eigenvalue weighted by atomic mass is 14.5. The second kappa shape index (κ2) is 15.7. The molecule has 0 aromatic heterocycles. The van der Waals surface area contributed by atoms with Crippen LogP contribution in [0.15, 0.2) is 12.2 Å². The van der Waals surface area contributed by atoms with Crippen LogP contribution in [0, 0.1) is 0 Å². The van der Waals surface area contributed by atoms with Crippen molar-refractivity contribution in [2.45, 2.75) is 84.0 Å². The van der Waals surface area contributed by atoms with E-state index in [1.165, 1.54) is 77.0 Å². The van der Waals surface area contributed by atoms with Gasteiger partial charge in [0.2, 0.25) is 0 Å². The van der Waals surface area contributed by atoms with Crippen LogP contribution < -0.4 is 5.73 Å². The zero-order valence-corrected chi connectivity index (χ0v) is 11.9. The van der Waals surface area contributed by atoms with Crippen molar-refractivity contribution in [1.82, 2.24) is 0 Å². The minimum absolute atomic E-state index is 0.867. The second-order valence-corrected chi connectivity index (χ2v) is 5.02. The summed E-state index contributed by atoms with van der Waals surface area (Å²) >= 11 is 0. The molecule has 0 aliphatic rings. The van der Waals surface area contributed by atoms with Gasteiger partial charge in [0, 0.05) is 0 Å². The second-order valence-electron chi connectivity index (χ2n) is 5.02. The molecule has 1 nitrogen and oxygen atoms in total. The molecule has 0 aliphatic carbocycles. The van der Waals surface area contributed by atoms with Gasteiger partial charge in [-0.2, -0.15) is 0 Å². The van der Waals surface area contributed by atoms with Crippen LogP contribution in [-0.2, 0) is 0 Å². The van der Waals surface area contributed by atoms with Gasteiger partial charge in [0.05, 0.1) is 0 Å². The Labute approximate surface area is 109 Å². The van der Waals surface area contributed by atoms with Crippen LogP contribution in [0.25, 0.3) is 0 Å². The third-order valence-electron chi connectivity index (χ3n) is 3.20. The summed E-state index contributed by atoms with van der Waals surface area (Å²) in [7, 11) is 0. The van der Waals surface area contributed by atoms with Crippen LogP contribution in [0.4, 0.5) is 0 Å². The molecule has 0 aliphatic heterocycles. The molecule has 17 heavy (non-hydrogen) atoms. The number of hydrogen-bond acceptors (Lipinski definition) is 1. The Hall–Kier alpha value is -0.300. The van der Waals surface area contributed by atoms with E-state index in [-0.39, 0.29) is 0 Å². The van der Waals surface area contributed by atoms with Crippen LogP contribution in [0.3, 0.4) is 0 Å². The maximum absolute atomic E-state index is 5.46. The zero-order valence-electron chi connectivity index (χ0n) is 11.9. The largest absolute Gasteiger partial charge is 0.330 e. The zero-order chi connectivity index (χ0) is 12.6. The Bertz CT molecular complexity index is 152. The molecule has 0 atom stereocenters. The maximum atomic E-state index is 5.46. The Balaban J connectivity index is 2.94. The Morgan fingerprint density at radius 3 is 1.65 bits per heavy atom. The molecule has 0 aromatic carbocycles. The van der Waals surface area contributed by atoms with E-state index in [0.29, 0.717) is 0 Å². The van der Waals surface area contributed by atoms with Crippen molar-refractivity contribution < 1.29 is 0 Å². The number of hydrogen-bond donors (Lipinski definition) is 1. The molecule has 102 valence electrons. The first-order valence-electron chi connectivity index (χ1n) is 7.77. The van der Waals surface area contributed by atoms with Gasteiger partial charge >= 0.3 is 0 Å². The summed E-state index contributed by atoms with van der Waals surface area (Å²) in [6, 6.07) is 0. The van der Waals surface area contributed by atoms with Gasteiger partial charge in [-0.3, -0.25) is 0 Å². The van der Waals surface area contributed by atoms with Gasteiger partial charge in [-0.05, 0) is 32.2 Å². The predicted molar refractivity (Wildman–Crippen MR) is 79.3 cm³/mol. The Morgan fingerprint density at radius 1 is 0.647 bits per heavy atom. The van der Waals surface area contributed by atoms with E-state index in [1.807, 2.05) is 0 Å². The SMILES string of the molecule is CCC/C=C/CCCCCCCCCCCN. The van der Waals surface area contributed by atoms with Gasteiger partial charge in [-0.1, -0.05) is 70.4 Å². The molecule has 0 amide bonds. The summed E-state index contributed by atoms with van der Waals surface area (Å²) in [6.45, 7) is 3.10. The Morgan fingerprint density at radius 2 is 1.12 bits per heavy atom. The van der Waals surface area contributed by atoms with Gasteiger partial charge in [-0.15, -0.1) is 0 Å². The van der Waals surface area contributed by atoms with E-state index in [1.54, 1.807) is 0 Å². The summed E-state index contributed by atoms with van der Waals surface area (Å²) in [4.78, 5) is 0. The van der Waals surface area contributed by atoms with Gasteiger partial charge in [-0.25, -0.2) is 0 Å². The first-order valence-corrected chi connectivity index (χ1v) is 7.77. The quantitative estimate of drug-likeness (QED) is 0.347. The number of unbranched alkanes of at least 4 members (excludes halogenated alkanes) is 10. The van der Waals surface area contributed by atoms with Crippen molar-refractivity contribution in [3.8, 4) is 0 Å². The first kappa shape index (κ1) is 16.7. The van der Waals surface area contributed by atoms with E-state index >= 15 is 0 Å². The van der Waals surface area contributed by atoms with Crippen LogP contribution in [-0.4, -0.2) is 6.54 Å². The molecule has 0 aromatic rings. The van der Waals surface area contributed by atoms with Crippen molar-refractivity contribution >= 4 is 0 Å². The molecule has 0 rings (SSSR count). The van der Waals surface area contributed by atoms with Crippen molar-refractivity contribution in [3.05, 3.63) is 12.2 Å². The minimum Gasteiger partial charge on any atom is -0.330 e. The maximum Gasteiger partial charge on any atom is -0.00773 e. The van der Waals surface area contributed by atoms with Gasteiger partial charge in [0.25, 0.3) is 0 Å². The van der Waals surface area contributed by atoms with Crippen LogP contribution in [0.2, 0.25) is 0 Å². The monoisotopic (exact) mass is 239 g/mol. The lowest BCUT2D eigenvalue weighted by atomic mass is 10.1. The molecular formula is C16H33N. The van der Waals surface area contributed by atoms with Gasteiger partial charge in [0.15, 0.2) is 0 Å². The summed E-state index contributed by atoms with van der Waals surface area (Å²) in [5.41, 5.74) is 5.46. The van der Waals surface area contributed by atoms with E-state index in [2.05, 4.69) is 19.1 Å². The molecule has 0 unspecified atom stereocenters. The summed E-state index contributed by atoms with van der Waals surface area (Å²) in [5.74, 6) is 0. The van der Waals surface area contributed by atoms with Crippen LogP contribution in [0.1, 0.15) is 84.0 Å². The van der Waals surface area contributed by atoms with E-state index < -0.39 is 0 Å². The molecule has 0 radical (unpaired) electrons. The van der Waals surface area contributed by atoms with Crippen molar-refractivity contribution in [3.63, 3.8) is 0 Å². The molecule has 0 heterocycles. The van der Waals surface area contributed by atoms with Gasteiger partial charge in [0.1, 0.15) is 0 Å². The number of rotatable bonds is 13. The van der Waals surface area contributed by atoms with Crippen molar-refractivity contribution in [1.29, 1.82) is 0 Å². The molecule has 0 spiro atoms. The topological polar surface area (TPSA) is 26.0 Å². The van der Waals surface area contributed by atoms with Crippen molar-refractivity contribution in [2.24, 2.45) is 5.73 Å². The third kappa shape index (κ3) is 15.7. The lowest BCUT2D eigenvalue weighted by molar-refractivity contribution is 0.562. The first-order chi connectivity index (χ1) is 8.41. The summed E-state index contributed by atoms with van der Waals surface area (Å²) in [6.07, 6.45) is 20.9. The highest BCUT2D eigenvalue weighted by molar-refractivity contribution is 4.80. The molecule has 0 fully saturated rings. The van der Waals surface area contributed by atoms with E-state index in [0.717, 1.165) is 6.54 Å².